The Labute approximate surface area is 84.9 Å². The highest BCUT2D eigenvalue weighted by Gasteiger charge is 2.03. The Bertz CT molecular complexity index is 610. The van der Waals surface area contributed by atoms with E-state index in [0.29, 0.717) is 11.0 Å². The van der Waals surface area contributed by atoms with Crippen LogP contribution in [-0.2, 0) is 0 Å². The van der Waals surface area contributed by atoms with Crippen LogP contribution in [0.3, 0.4) is 0 Å². The Kier molecular flexibility index (Phi) is 2.17. The summed E-state index contributed by atoms with van der Waals surface area (Å²) in [7, 11) is 0. The van der Waals surface area contributed by atoms with E-state index < -0.39 is 11.1 Å². The number of nitrogens with two attached hydrogens (primary N) is 1. The van der Waals surface area contributed by atoms with Crippen LogP contribution in [0.1, 0.15) is 18.5 Å². The number of benzene rings is 1. The molecule has 2 rings (SSSR count). The number of aromatic nitrogens is 2. The molecule has 0 unspecified atom stereocenters. The minimum Gasteiger partial charge on any atom is -0.324 e. The van der Waals surface area contributed by atoms with E-state index in [1.54, 1.807) is 12.1 Å². The normalized spacial score (nSPS) is 12.9. The number of nitrogens with one attached hydrogen (secondary N) is 2. The van der Waals surface area contributed by atoms with Crippen molar-refractivity contribution >= 4 is 11.0 Å². The third-order valence-electron chi connectivity index (χ3n) is 2.27. The van der Waals surface area contributed by atoms with Crippen molar-refractivity contribution in [3.63, 3.8) is 0 Å². The second-order valence-corrected chi connectivity index (χ2v) is 3.50. The molecule has 4 N–H and O–H groups in total. The van der Waals surface area contributed by atoms with Gasteiger partial charge in [0.05, 0.1) is 11.0 Å². The number of aromatic amines is 2. The minimum atomic E-state index is -0.649. The van der Waals surface area contributed by atoms with Gasteiger partial charge in [0.1, 0.15) is 0 Å². The van der Waals surface area contributed by atoms with Crippen LogP contribution >= 0.6 is 0 Å². The molecule has 2 aromatic rings. The van der Waals surface area contributed by atoms with E-state index >= 15 is 0 Å². The van der Waals surface area contributed by atoms with E-state index in [4.69, 9.17) is 5.73 Å². The molecule has 0 saturated heterocycles. The highest BCUT2D eigenvalue weighted by Crippen LogP contribution is 2.13. The first kappa shape index (κ1) is 9.67. The molecule has 1 atom stereocenters. The third kappa shape index (κ3) is 1.69. The Balaban J connectivity index is 2.77. The van der Waals surface area contributed by atoms with Crippen molar-refractivity contribution in [2.45, 2.75) is 13.0 Å². The molecule has 0 fully saturated rings. The maximum absolute atomic E-state index is 11.1. The zero-order chi connectivity index (χ0) is 11.0. The monoisotopic (exact) mass is 205 g/mol. The molecule has 78 valence electrons. The lowest BCUT2D eigenvalue weighted by atomic mass is 10.1. The number of hydrogen-bond acceptors (Lipinski definition) is 3. The van der Waals surface area contributed by atoms with Crippen molar-refractivity contribution in [2.24, 2.45) is 5.73 Å². The van der Waals surface area contributed by atoms with Gasteiger partial charge >= 0.3 is 11.1 Å². The van der Waals surface area contributed by atoms with Crippen molar-refractivity contribution in [3.05, 3.63) is 44.5 Å². The van der Waals surface area contributed by atoms with Gasteiger partial charge in [-0.2, -0.15) is 0 Å². The molecule has 0 aliphatic heterocycles. The van der Waals surface area contributed by atoms with E-state index in [0.717, 1.165) is 5.56 Å². The molecule has 0 radical (unpaired) electrons. The lowest BCUT2D eigenvalue weighted by molar-refractivity contribution is 0.819. The fourth-order valence-electron chi connectivity index (χ4n) is 1.42. The smallest absolute Gasteiger partial charge is 0.314 e. The lowest BCUT2D eigenvalue weighted by Crippen LogP contribution is -2.28. The average molecular weight is 205 g/mol. The van der Waals surface area contributed by atoms with E-state index in [1.165, 1.54) is 0 Å². The minimum absolute atomic E-state index is 0.107. The molecular weight excluding hydrogens is 194 g/mol. The maximum Gasteiger partial charge on any atom is 0.314 e. The third-order valence-corrected chi connectivity index (χ3v) is 2.27. The molecule has 0 saturated carbocycles. The van der Waals surface area contributed by atoms with Gasteiger partial charge in [-0.1, -0.05) is 6.07 Å². The second-order valence-electron chi connectivity index (χ2n) is 3.50. The summed E-state index contributed by atoms with van der Waals surface area (Å²) in [5.74, 6) is 0. The van der Waals surface area contributed by atoms with Crippen LogP contribution in [0.25, 0.3) is 11.0 Å². The average Bonchev–Trinajstić information content (AvgIpc) is 2.19. The summed E-state index contributed by atoms with van der Waals surface area (Å²) in [6.45, 7) is 1.85. The first-order chi connectivity index (χ1) is 7.08. The summed E-state index contributed by atoms with van der Waals surface area (Å²) in [5.41, 5.74) is 6.52. The largest absolute Gasteiger partial charge is 0.324 e. The number of rotatable bonds is 1. The number of H-pyrrole nitrogens is 2. The summed E-state index contributed by atoms with van der Waals surface area (Å²) in [5, 5.41) is 0. The topological polar surface area (TPSA) is 91.7 Å². The Morgan fingerprint density at radius 1 is 1.13 bits per heavy atom. The van der Waals surface area contributed by atoms with E-state index in [1.807, 2.05) is 13.0 Å². The van der Waals surface area contributed by atoms with Gasteiger partial charge < -0.3 is 15.7 Å². The van der Waals surface area contributed by atoms with Gasteiger partial charge in [0.25, 0.3) is 0 Å². The van der Waals surface area contributed by atoms with Gasteiger partial charge in [-0.3, -0.25) is 9.59 Å². The van der Waals surface area contributed by atoms with Gasteiger partial charge in [-0.25, -0.2) is 0 Å². The van der Waals surface area contributed by atoms with Crippen LogP contribution in [0.4, 0.5) is 0 Å². The molecule has 1 aromatic carbocycles. The molecular formula is C10H11N3O2. The van der Waals surface area contributed by atoms with Crippen molar-refractivity contribution in [3.8, 4) is 0 Å². The lowest BCUT2D eigenvalue weighted by Gasteiger charge is -2.06. The number of hydrogen-bond donors (Lipinski definition) is 3. The van der Waals surface area contributed by atoms with Gasteiger partial charge in [-0.05, 0) is 24.6 Å². The standard InChI is InChI=1S/C10H11N3O2/c1-5(11)6-2-3-7-8(4-6)13-10(15)9(14)12-7/h2-5H,11H2,1H3,(H,12,14)(H,13,15)/t5-/m1/s1. The SMILES string of the molecule is C[C@@H](N)c1ccc2[nH]c(=O)c(=O)[nH]c2c1. The van der Waals surface area contributed by atoms with Crippen LogP contribution in [0.2, 0.25) is 0 Å². The highest BCUT2D eigenvalue weighted by molar-refractivity contribution is 5.74. The van der Waals surface area contributed by atoms with Crippen LogP contribution in [0.5, 0.6) is 0 Å². The Morgan fingerprint density at radius 2 is 1.73 bits per heavy atom. The van der Waals surface area contributed by atoms with Crippen LogP contribution in [0.15, 0.2) is 27.8 Å². The summed E-state index contributed by atoms with van der Waals surface area (Å²) in [6.07, 6.45) is 0. The summed E-state index contributed by atoms with van der Waals surface area (Å²) in [6, 6.07) is 5.20. The van der Waals surface area contributed by atoms with E-state index in [9.17, 15) is 9.59 Å². The molecule has 0 amide bonds. The summed E-state index contributed by atoms with van der Waals surface area (Å²) < 4.78 is 0. The molecule has 0 aliphatic carbocycles. The first-order valence-corrected chi connectivity index (χ1v) is 4.60. The van der Waals surface area contributed by atoms with Crippen molar-refractivity contribution in [2.75, 3.05) is 0 Å². The van der Waals surface area contributed by atoms with Crippen molar-refractivity contribution < 1.29 is 0 Å². The van der Waals surface area contributed by atoms with Crippen LogP contribution in [0, 0.1) is 0 Å². The molecule has 0 spiro atoms. The maximum atomic E-state index is 11.1. The van der Waals surface area contributed by atoms with Gasteiger partial charge in [0.15, 0.2) is 0 Å². The second kappa shape index (κ2) is 3.36. The zero-order valence-corrected chi connectivity index (χ0v) is 8.20. The molecule has 5 heteroatoms. The predicted molar refractivity (Wildman–Crippen MR) is 57.8 cm³/mol. The van der Waals surface area contributed by atoms with Gasteiger partial charge in [0.2, 0.25) is 0 Å². The Hall–Kier alpha value is -1.88. The van der Waals surface area contributed by atoms with E-state index in [-0.39, 0.29) is 6.04 Å². The fourth-order valence-corrected chi connectivity index (χ4v) is 1.42. The quantitative estimate of drug-likeness (QED) is 0.582. The molecule has 5 nitrogen and oxygen atoms in total. The molecule has 15 heavy (non-hydrogen) atoms. The Morgan fingerprint density at radius 3 is 2.33 bits per heavy atom. The molecule has 1 heterocycles. The van der Waals surface area contributed by atoms with Crippen LogP contribution < -0.4 is 16.9 Å². The fraction of sp³-hybridized carbons (Fsp3) is 0.200. The van der Waals surface area contributed by atoms with Crippen molar-refractivity contribution in [1.29, 1.82) is 0 Å². The highest BCUT2D eigenvalue weighted by atomic mass is 16.2. The summed E-state index contributed by atoms with van der Waals surface area (Å²) in [4.78, 5) is 27.1. The number of fused-ring (bicyclic) bond motifs is 1. The van der Waals surface area contributed by atoms with Gasteiger partial charge in [-0.15, -0.1) is 0 Å². The zero-order valence-electron chi connectivity index (χ0n) is 8.20. The van der Waals surface area contributed by atoms with Crippen molar-refractivity contribution in [1.82, 2.24) is 9.97 Å². The molecule has 0 bridgehead atoms. The van der Waals surface area contributed by atoms with Crippen LogP contribution in [-0.4, -0.2) is 9.97 Å². The molecule has 1 aromatic heterocycles. The van der Waals surface area contributed by atoms with E-state index in [2.05, 4.69) is 9.97 Å². The molecule has 0 aliphatic rings. The first-order valence-electron chi connectivity index (χ1n) is 4.60. The predicted octanol–water partition coefficient (Wildman–Crippen LogP) is 0.236. The summed E-state index contributed by atoms with van der Waals surface area (Å²) >= 11 is 0. The van der Waals surface area contributed by atoms with Gasteiger partial charge in [0, 0.05) is 6.04 Å².